The number of benzene rings is 1. The maximum absolute atomic E-state index is 10.5. The van der Waals surface area contributed by atoms with Gasteiger partial charge >= 0.3 is 5.88 Å². The fourth-order valence-electron chi connectivity index (χ4n) is 1.88. The standard InChI is InChI=1S/C14H16N2O5/c1-19-11-4-3-10(13(7-11)20-2)8-15-9-12-5-6-14(21-12)16(17)18/h3-7,15H,8-9H2,1-2H3. The van der Waals surface area contributed by atoms with Crippen molar-refractivity contribution in [3.63, 3.8) is 0 Å². The minimum absolute atomic E-state index is 0.256. The summed E-state index contributed by atoms with van der Waals surface area (Å²) in [5, 5.41) is 13.7. The third-order valence-corrected chi connectivity index (χ3v) is 2.94. The highest BCUT2D eigenvalue weighted by Crippen LogP contribution is 2.24. The van der Waals surface area contributed by atoms with Crippen LogP contribution < -0.4 is 14.8 Å². The first-order chi connectivity index (χ1) is 10.1. The summed E-state index contributed by atoms with van der Waals surface area (Å²) in [6.07, 6.45) is 0. The Morgan fingerprint density at radius 2 is 2.00 bits per heavy atom. The molecule has 2 aromatic rings. The zero-order valence-corrected chi connectivity index (χ0v) is 11.8. The van der Waals surface area contributed by atoms with E-state index in [1.54, 1.807) is 26.4 Å². The lowest BCUT2D eigenvalue weighted by atomic mass is 10.2. The second-order valence-electron chi connectivity index (χ2n) is 4.28. The second kappa shape index (κ2) is 6.76. The van der Waals surface area contributed by atoms with Gasteiger partial charge in [-0.25, -0.2) is 0 Å². The van der Waals surface area contributed by atoms with E-state index in [1.165, 1.54) is 6.07 Å². The number of nitrogens with one attached hydrogen (secondary N) is 1. The quantitative estimate of drug-likeness (QED) is 0.623. The van der Waals surface area contributed by atoms with Crippen LogP contribution in [0, 0.1) is 10.1 Å². The first-order valence-electron chi connectivity index (χ1n) is 6.28. The minimum Gasteiger partial charge on any atom is -0.497 e. The average Bonchev–Trinajstić information content (AvgIpc) is 2.96. The third-order valence-electron chi connectivity index (χ3n) is 2.94. The van der Waals surface area contributed by atoms with Crippen molar-refractivity contribution in [3.05, 3.63) is 51.8 Å². The Morgan fingerprint density at radius 3 is 2.62 bits per heavy atom. The van der Waals surface area contributed by atoms with E-state index in [1.807, 2.05) is 12.1 Å². The summed E-state index contributed by atoms with van der Waals surface area (Å²) < 4.78 is 15.5. The summed E-state index contributed by atoms with van der Waals surface area (Å²) in [5.74, 6) is 1.69. The van der Waals surface area contributed by atoms with Crippen molar-refractivity contribution in [1.82, 2.24) is 5.32 Å². The molecule has 1 heterocycles. The van der Waals surface area contributed by atoms with Gasteiger partial charge < -0.3 is 19.2 Å². The number of nitrogens with zero attached hydrogens (tertiary/aromatic N) is 1. The third kappa shape index (κ3) is 3.73. The number of rotatable bonds is 7. The highest BCUT2D eigenvalue weighted by atomic mass is 16.6. The molecule has 0 bridgehead atoms. The number of methoxy groups -OCH3 is 2. The molecular formula is C14H16N2O5. The van der Waals surface area contributed by atoms with Crippen molar-refractivity contribution in [2.45, 2.75) is 13.1 Å². The lowest BCUT2D eigenvalue weighted by molar-refractivity contribution is -0.402. The van der Waals surface area contributed by atoms with Crippen LogP contribution in [-0.2, 0) is 13.1 Å². The molecule has 0 amide bonds. The molecule has 0 saturated carbocycles. The van der Waals surface area contributed by atoms with E-state index in [9.17, 15) is 10.1 Å². The van der Waals surface area contributed by atoms with Crippen molar-refractivity contribution in [2.75, 3.05) is 14.2 Å². The van der Waals surface area contributed by atoms with Crippen LogP contribution >= 0.6 is 0 Å². The molecule has 7 nitrogen and oxygen atoms in total. The van der Waals surface area contributed by atoms with Crippen LogP contribution in [0.2, 0.25) is 0 Å². The second-order valence-corrected chi connectivity index (χ2v) is 4.28. The van der Waals surface area contributed by atoms with Gasteiger partial charge in [0.25, 0.3) is 0 Å². The van der Waals surface area contributed by atoms with Gasteiger partial charge in [-0.05, 0) is 12.1 Å². The van der Waals surface area contributed by atoms with E-state index in [2.05, 4.69) is 5.32 Å². The summed E-state index contributed by atoms with van der Waals surface area (Å²) >= 11 is 0. The van der Waals surface area contributed by atoms with Crippen LogP contribution in [0.15, 0.2) is 34.7 Å². The van der Waals surface area contributed by atoms with Crippen molar-refractivity contribution < 1.29 is 18.8 Å². The summed E-state index contributed by atoms with van der Waals surface area (Å²) in [6, 6.07) is 8.46. The number of furan rings is 1. The first-order valence-corrected chi connectivity index (χ1v) is 6.28. The molecular weight excluding hydrogens is 276 g/mol. The van der Waals surface area contributed by atoms with Crippen molar-refractivity contribution >= 4 is 5.88 Å². The van der Waals surface area contributed by atoms with Gasteiger partial charge in [0.05, 0.1) is 26.8 Å². The molecule has 0 aliphatic rings. The van der Waals surface area contributed by atoms with Crippen molar-refractivity contribution in [1.29, 1.82) is 0 Å². The number of nitro groups is 1. The Hall–Kier alpha value is -2.54. The topological polar surface area (TPSA) is 86.8 Å². The molecule has 1 aromatic heterocycles. The normalized spacial score (nSPS) is 10.4. The summed E-state index contributed by atoms with van der Waals surface area (Å²) in [7, 11) is 3.19. The van der Waals surface area contributed by atoms with E-state index in [0.717, 1.165) is 11.3 Å². The number of hydrogen-bond donors (Lipinski definition) is 1. The number of hydrogen-bond acceptors (Lipinski definition) is 6. The molecule has 0 aliphatic heterocycles. The predicted molar refractivity (Wildman–Crippen MR) is 75.5 cm³/mol. The number of ether oxygens (including phenoxy) is 2. The SMILES string of the molecule is COc1ccc(CNCc2ccc([N+](=O)[O-])o2)c(OC)c1. The molecule has 0 aliphatic carbocycles. The predicted octanol–water partition coefficient (Wildman–Crippen LogP) is 2.49. The van der Waals surface area contributed by atoms with Crippen LogP contribution in [-0.4, -0.2) is 19.1 Å². The van der Waals surface area contributed by atoms with Gasteiger partial charge in [0.1, 0.15) is 22.2 Å². The fourth-order valence-corrected chi connectivity index (χ4v) is 1.88. The van der Waals surface area contributed by atoms with Gasteiger partial charge in [-0.2, -0.15) is 0 Å². The van der Waals surface area contributed by atoms with Crippen LogP contribution in [0.25, 0.3) is 0 Å². The van der Waals surface area contributed by atoms with Gasteiger partial charge in [0.2, 0.25) is 0 Å². The molecule has 0 fully saturated rings. The Bertz CT molecular complexity index is 624. The Morgan fingerprint density at radius 1 is 1.19 bits per heavy atom. The molecule has 2 rings (SSSR count). The van der Waals surface area contributed by atoms with Gasteiger partial charge in [-0.1, -0.05) is 6.07 Å². The van der Waals surface area contributed by atoms with Gasteiger partial charge in [-0.3, -0.25) is 10.1 Å². The molecule has 0 atom stereocenters. The minimum atomic E-state index is -0.560. The van der Waals surface area contributed by atoms with Crippen LogP contribution in [0.4, 0.5) is 5.88 Å². The fraction of sp³-hybridized carbons (Fsp3) is 0.286. The maximum Gasteiger partial charge on any atom is 0.433 e. The van der Waals surface area contributed by atoms with E-state index < -0.39 is 4.92 Å². The summed E-state index contributed by atoms with van der Waals surface area (Å²) in [4.78, 5) is 9.96. The monoisotopic (exact) mass is 292 g/mol. The van der Waals surface area contributed by atoms with Crippen LogP contribution in [0.3, 0.4) is 0 Å². The zero-order chi connectivity index (χ0) is 15.2. The Kier molecular flexibility index (Phi) is 4.78. The molecule has 0 saturated heterocycles. The Balaban J connectivity index is 1.94. The zero-order valence-electron chi connectivity index (χ0n) is 11.8. The Labute approximate surface area is 121 Å². The van der Waals surface area contributed by atoms with Crippen LogP contribution in [0.1, 0.15) is 11.3 Å². The molecule has 1 aromatic carbocycles. The summed E-state index contributed by atoms with van der Waals surface area (Å²) in [6.45, 7) is 0.935. The molecule has 1 N–H and O–H groups in total. The van der Waals surface area contributed by atoms with Crippen molar-refractivity contribution in [3.8, 4) is 11.5 Å². The average molecular weight is 292 g/mol. The lowest BCUT2D eigenvalue weighted by Crippen LogP contribution is -2.13. The largest absolute Gasteiger partial charge is 0.497 e. The first kappa shape index (κ1) is 14.9. The smallest absolute Gasteiger partial charge is 0.433 e. The van der Waals surface area contributed by atoms with E-state index in [0.29, 0.717) is 24.6 Å². The van der Waals surface area contributed by atoms with Gasteiger partial charge in [-0.15, -0.1) is 0 Å². The van der Waals surface area contributed by atoms with Crippen molar-refractivity contribution in [2.24, 2.45) is 0 Å². The van der Waals surface area contributed by atoms with Crippen LogP contribution in [0.5, 0.6) is 11.5 Å². The molecule has 112 valence electrons. The van der Waals surface area contributed by atoms with Gasteiger partial charge in [0, 0.05) is 18.2 Å². The molecule has 0 unspecified atom stereocenters. The highest BCUT2D eigenvalue weighted by molar-refractivity contribution is 5.40. The molecule has 0 spiro atoms. The summed E-state index contributed by atoms with van der Waals surface area (Å²) in [5.41, 5.74) is 0.958. The maximum atomic E-state index is 10.5. The highest BCUT2D eigenvalue weighted by Gasteiger charge is 2.11. The van der Waals surface area contributed by atoms with E-state index in [-0.39, 0.29) is 5.88 Å². The lowest BCUT2D eigenvalue weighted by Gasteiger charge is -2.10. The van der Waals surface area contributed by atoms with E-state index in [4.69, 9.17) is 13.9 Å². The van der Waals surface area contributed by atoms with Gasteiger partial charge in [0.15, 0.2) is 0 Å². The molecule has 7 heteroatoms. The van der Waals surface area contributed by atoms with E-state index >= 15 is 0 Å². The molecule has 21 heavy (non-hydrogen) atoms. The molecule has 0 radical (unpaired) electrons.